The lowest BCUT2D eigenvalue weighted by atomic mass is 10.1. The van der Waals surface area contributed by atoms with Crippen LogP contribution in [-0.4, -0.2) is 26.2 Å². The van der Waals surface area contributed by atoms with Crippen LogP contribution in [0.5, 0.6) is 0 Å². The quantitative estimate of drug-likeness (QED) is 0.677. The summed E-state index contributed by atoms with van der Waals surface area (Å²) in [7, 11) is 0. The van der Waals surface area contributed by atoms with Crippen LogP contribution in [0.4, 0.5) is 5.13 Å². The van der Waals surface area contributed by atoms with Crippen molar-refractivity contribution >= 4 is 27.4 Å². The van der Waals surface area contributed by atoms with Crippen molar-refractivity contribution in [2.24, 2.45) is 0 Å². The van der Waals surface area contributed by atoms with Crippen molar-refractivity contribution in [2.75, 3.05) is 5.32 Å². The molecule has 2 aromatic heterocycles. The molecule has 1 aromatic carbocycles. The zero-order valence-corrected chi connectivity index (χ0v) is 16.6. The van der Waals surface area contributed by atoms with Crippen molar-refractivity contribution in [2.45, 2.75) is 46.3 Å². The van der Waals surface area contributed by atoms with Gasteiger partial charge in [0, 0.05) is 18.3 Å². The van der Waals surface area contributed by atoms with Gasteiger partial charge in [-0.05, 0) is 44.9 Å². The normalized spacial score (nSPS) is 11.6. The Bertz CT molecular complexity index is 1020. The van der Waals surface area contributed by atoms with Gasteiger partial charge >= 0.3 is 5.97 Å². The van der Waals surface area contributed by atoms with Gasteiger partial charge in [0.25, 0.3) is 5.56 Å². The lowest BCUT2D eigenvalue weighted by Crippen LogP contribution is -2.23. The molecule has 2 heterocycles. The average Bonchev–Trinajstić information content (AvgIpc) is 3.02. The van der Waals surface area contributed by atoms with Gasteiger partial charge in [-0.1, -0.05) is 30.4 Å². The van der Waals surface area contributed by atoms with Gasteiger partial charge in [-0.3, -0.25) is 4.79 Å². The van der Waals surface area contributed by atoms with E-state index in [4.69, 9.17) is 4.74 Å². The Morgan fingerprint density at radius 2 is 1.96 bits per heavy atom. The number of hydrogen-bond acceptors (Lipinski definition) is 7. The number of anilines is 1. The third-order valence-electron chi connectivity index (χ3n) is 3.69. The fourth-order valence-corrected chi connectivity index (χ4v) is 3.20. The Kier molecular flexibility index (Phi) is 5.27. The first kappa shape index (κ1) is 19.0. The highest BCUT2D eigenvalue weighted by atomic mass is 32.1. The summed E-state index contributed by atoms with van der Waals surface area (Å²) in [6.45, 7) is 7.99. The van der Waals surface area contributed by atoms with E-state index in [0.717, 1.165) is 11.3 Å². The molecule has 142 valence electrons. The van der Waals surface area contributed by atoms with Crippen molar-refractivity contribution in [3.8, 4) is 0 Å². The van der Waals surface area contributed by atoms with E-state index in [1.54, 1.807) is 12.1 Å². The molecule has 3 rings (SSSR count). The molecule has 27 heavy (non-hydrogen) atoms. The summed E-state index contributed by atoms with van der Waals surface area (Å²) in [5.41, 5.74) is 1.55. The van der Waals surface area contributed by atoms with Crippen LogP contribution in [-0.2, 0) is 17.7 Å². The lowest BCUT2D eigenvalue weighted by molar-refractivity contribution is 0.00695. The SMILES string of the molecule is CCc1cc(=O)n2nc(NCc3ccc(C(=O)OC(C)(C)C)cc3)sc2n1. The smallest absolute Gasteiger partial charge is 0.338 e. The molecule has 0 unspecified atom stereocenters. The highest BCUT2D eigenvalue weighted by Crippen LogP contribution is 2.18. The number of ether oxygens (including phenoxy) is 1. The monoisotopic (exact) mass is 386 g/mol. The standard InChI is InChI=1S/C19H22N4O3S/c1-5-14-10-15(24)23-18(21-14)27-17(22-23)20-11-12-6-8-13(9-7-12)16(25)26-19(2,3)4/h6-10H,5,11H2,1-4H3,(H,20,22). The summed E-state index contributed by atoms with van der Waals surface area (Å²) >= 11 is 1.33. The Labute approximate surface area is 161 Å². The Hall–Kier alpha value is -2.74. The number of benzene rings is 1. The van der Waals surface area contributed by atoms with Gasteiger partial charge in [-0.2, -0.15) is 4.52 Å². The molecule has 0 aliphatic heterocycles. The Balaban J connectivity index is 1.68. The maximum Gasteiger partial charge on any atom is 0.338 e. The number of carbonyl (C=O) groups is 1. The van der Waals surface area contributed by atoms with E-state index in [1.807, 2.05) is 39.8 Å². The first-order valence-electron chi connectivity index (χ1n) is 8.71. The minimum Gasteiger partial charge on any atom is -0.456 e. The highest BCUT2D eigenvalue weighted by molar-refractivity contribution is 7.20. The summed E-state index contributed by atoms with van der Waals surface area (Å²) in [4.78, 5) is 29.1. The summed E-state index contributed by atoms with van der Waals surface area (Å²) in [5, 5.41) is 8.07. The number of esters is 1. The van der Waals surface area contributed by atoms with Crippen LogP contribution in [0.1, 0.15) is 49.3 Å². The first-order chi connectivity index (χ1) is 12.7. The molecule has 0 bridgehead atoms. The fraction of sp³-hybridized carbons (Fsp3) is 0.368. The molecule has 3 aromatic rings. The predicted octanol–water partition coefficient (Wildman–Crippen LogP) is 3.28. The minimum atomic E-state index is -0.520. The van der Waals surface area contributed by atoms with Gasteiger partial charge in [0.05, 0.1) is 5.56 Å². The van der Waals surface area contributed by atoms with Crippen LogP contribution >= 0.6 is 11.3 Å². The number of rotatable bonds is 5. The molecule has 1 N–H and O–H groups in total. The largest absolute Gasteiger partial charge is 0.456 e. The molecule has 0 fully saturated rings. The van der Waals surface area contributed by atoms with Crippen molar-refractivity contribution in [1.82, 2.24) is 14.6 Å². The van der Waals surface area contributed by atoms with Crippen molar-refractivity contribution in [1.29, 1.82) is 0 Å². The van der Waals surface area contributed by atoms with Crippen molar-refractivity contribution in [3.05, 3.63) is 57.5 Å². The predicted molar refractivity (Wildman–Crippen MR) is 105 cm³/mol. The van der Waals surface area contributed by atoms with Gasteiger partial charge in [0.1, 0.15) is 5.60 Å². The van der Waals surface area contributed by atoms with Crippen LogP contribution in [0.2, 0.25) is 0 Å². The summed E-state index contributed by atoms with van der Waals surface area (Å²) in [6.07, 6.45) is 0.705. The Morgan fingerprint density at radius 3 is 2.59 bits per heavy atom. The van der Waals surface area contributed by atoms with E-state index in [9.17, 15) is 9.59 Å². The van der Waals surface area contributed by atoms with E-state index in [0.29, 0.717) is 28.6 Å². The number of nitrogens with zero attached hydrogens (tertiary/aromatic N) is 3. The van der Waals surface area contributed by atoms with Gasteiger partial charge in [0.2, 0.25) is 10.1 Å². The second kappa shape index (κ2) is 7.48. The molecule has 0 amide bonds. The van der Waals surface area contributed by atoms with Crippen molar-refractivity contribution in [3.63, 3.8) is 0 Å². The molecule has 0 spiro atoms. The zero-order chi connectivity index (χ0) is 19.6. The van der Waals surface area contributed by atoms with E-state index in [2.05, 4.69) is 15.4 Å². The van der Waals surface area contributed by atoms with Crippen LogP contribution < -0.4 is 10.9 Å². The van der Waals surface area contributed by atoms with Gasteiger partial charge < -0.3 is 10.1 Å². The zero-order valence-electron chi connectivity index (χ0n) is 15.8. The van der Waals surface area contributed by atoms with Gasteiger partial charge in [-0.25, -0.2) is 9.78 Å². The Morgan fingerprint density at radius 1 is 1.26 bits per heavy atom. The minimum absolute atomic E-state index is 0.178. The first-order valence-corrected chi connectivity index (χ1v) is 9.53. The third kappa shape index (κ3) is 4.71. The molecular formula is C19H22N4O3S. The van der Waals surface area contributed by atoms with Crippen LogP contribution in [0.15, 0.2) is 35.1 Å². The second-order valence-electron chi connectivity index (χ2n) is 7.09. The van der Waals surface area contributed by atoms with Crippen molar-refractivity contribution < 1.29 is 9.53 Å². The number of aryl methyl sites for hydroxylation is 1. The third-order valence-corrected chi connectivity index (χ3v) is 4.56. The summed E-state index contributed by atoms with van der Waals surface area (Å²) in [6, 6.07) is 8.70. The molecule has 0 saturated heterocycles. The van der Waals surface area contributed by atoms with Crippen LogP contribution in [0.25, 0.3) is 4.96 Å². The molecular weight excluding hydrogens is 364 g/mol. The maximum absolute atomic E-state index is 12.0. The number of fused-ring (bicyclic) bond motifs is 1. The number of aromatic nitrogens is 3. The molecule has 8 heteroatoms. The molecule has 0 aliphatic carbocycles. The highest BCUT2D eigenvalue weighted by Gasteiger charge is 2.17. The van der Waals surface area contributed by atoms with Gasteiger partial charge in [-0.15, -0.1) is 5.10 Å². The van der Waals surface area contributed by atoms with Crippen LogP contribution in [0, 0.1) is 0 Å². The fourth-order valence-electron chi connectivity index (χ4n) is 2.38. The van der Waals surface area contributed by atoms with Gasteiger partial charge in [0.15, 0.2) is 0 Å². The molecule has 0 aliphatic rings. The molecule has 7 nitrogen and oxygen atoms in total. The van der Waals surface area contributed by atoms with Crippen LogP contribution in [0.3, 0.4) is 0 Å². The average molecular weight is 386 g/mol. The topological polar surface area (TPSA) is 85.6 Å². The van der Waals surface area contributed by atoms with E-state index in [1.165, 1.54) is 21.9 Å². The summed E-state index contributed by atoms with van der Waals surface area (Å²) in [5.74, 6) is -0.342. The number of carbonyl (C=O) groups excluding carboxylic acids is 1. The number of nitrogens with one attached hydrogen (secondary N) is 1. The molecule has 0 atom stereocenters. The van der Waals surface area contributed by atoms with E-state index >= 15 is 0 Å². The number of hydrogen-bond donors (Lipinski definition) is 1. The molecule has 0 radical (unpaired) electrons. The molecule has 0 saturated carbocycles. The lowest BCUT2D eigenvalue weighted by Gasteiger charge is -2.19. The van der Waals surface area contributed by atoms with E-state index in [-0.39, 0.29) is 11.5 Å². The summed E-state index contributed by atoms with van der Waals surface area (Å²) < 4.78 is 6.66. The second-order valence-corrected chi connectivity index (χ2v) is 8.05. The van der Waals surface area contributed by atoms with E-state index < -0.39 is 5.60 Å². The maximum atomic E-state index is 12.0.